The molecule has 0 atom stereocenters. The number of ether oxygens (including phenoxy) is 3. The molecule has 0 aliphatic carbocycles. The molecule has 0 fully saturated rings. The van der Waals surface area contributed by atoms with Gasteiger partial charge in [-0.3, -0.25) is 0 Å². The van der Waals surface area contributed by atoms with Gasteiger partial charge in [0.1, 0.15) is 0 Å². The molecule has 0 aromatic heterocycles. The van der Waals surface area contributed by atoms with Crippen LogP contribution in [0.5, 0.6) is 0 Å². The van der Waals surface area contributed by atoms with Crippen molar-refractivity contribution >= 4 is 0 Å². The van der Waals surface area contributed by atoms with E-state index >= 15 is 0 Å². The molecule has 110 valence electrons. The average Bonchev–Trinajstić information content (AvgIpc) is 2.17. The Morgan fingerprint density at radius 3 is 1.44 bits per heavy atom. The van der Waals surface area contributed by atoms with E-state index in [0.717, 1.165) is 19.6 Å². The summed E-state index contributed by atoms with van der Waals surface area (Å²) in [5, 5.41) is 0. The Morgan fingerprint density at radius 1 is 0.556 bits per heavy atom. The van der Waals surface area contributed by atoms with Crippen LogP contribution in [0.2, 0.25) is 0 Å². The van der Waals surface area contributed by atoms with Gasteiger partial charge in [0.2, 0.25) is 0 Å². The van der Waals surface area contributed by atoms with Crippen LogP contribution >= 0.6 is 0 Å². The largest absolute Gasteiger partial charge is 0.379 e. The van der Waals surface area contributed by atoms with Crippen molar-refractivity contribution in [1.82, 2.24) is 0 Å². The molecule has 3 heteroatoms. The zero-order valence-electron chi connectivity index (χ0n) is 13.2. The van der Waals surface area contributed by atoms with Crippen LogP contribution in [0.25, 0.3) is 0 Å². The summed E-state index contributed by atoms with van der Waals surface area (Å²) in [4.78, 5) is 0. The minimum atomic E-state index is 0.232. The SMILES string of the molecule is CC(C)(C)CCOCCOCCOCC(C)(C)C. The van der Waals surface area contributed by atoms with Gasteiger partial charge in [-0.15, -0.1) is 0 Å². The van der Waals surface area contributed by atoms with E-state index in [-0.39, 0.29) is 5.41 Å². The van der Waals surface area contributed by atoms with Crippen LogP contribution in [0.15, 0.2) is 0 Å². The first kappa shape index (κ1) is 17.9. The van der Waals surface area contributed by atoms with Crippen molar-refractivity contribution in [2.75, 3.05) is 39.6 Å². The van der Waals surface area contributed by atoms with E-state index in [9.17, 15) is 0 Å². The highest BCUT2D eigenvalue weighted by Crippen LogP contribution is 2.17. The van der Waals surface area contributed by atoms with Gasteiger partial charge in [0.25, 0.3) is 0 Å². The molecule has 0 aromatic carbocycles. The van der Waals surface area contributed by atoms with Gasteiger partial charge in [0.05, 0.1) is 33.0 Å². The Morgan fingerprint density at radius 2 is 1.00 bits per heavy atom. The van der Waals surface area contributed by atoms with Gasteiger partial charge in [0.15, 0.2) is 0 Å². The second-order valence-corrected chi connectivity index (χ2v) is 7.15. The fourth-order valence-corrected chi connectivity index (χ4v) is 1.20. The Kier molecular flexibility index (Phi) is 8.83. The lowest BCUT2D eigenvalue weighted by Gasteiger charge is -2.18. The zero-order valence-corrected chi connectivity index (χ0v) is 13.2. The number of rotatable bonds is 9. The third kappa shape index (κ3) is 15.9. The van der Waals surface area contributed by atoms with Crippen LogP contribution < -0.4 is 0 Å². The molecule has 0 N–H and O–H groups in total. The maximum Gasteiger partial charge on any atom is 0.0701 e. The Hall–Kier alpha value is -0.120. The Balaban J connectivity index is 3.13. The first-order chi connectivity index (χ1) is 8.21. The lowest BCUT2D eigenvalue weighted by atomic mass is 9.93. The number of hydrogen-bond donors (Lipinski definition) is 0. The summed E-state index contributed by atoms with van der Waals surface area (Å²) < 4.78 is 16.4. The fourth-order valence-electron chi connectivity index (χ4n) is 1.20. The van der Waals surface area contributed by atoms with Crippen molar-refractivity contribution in [3.63, 3.8) is 0 Å². The maximum absolute atomic E-state index is 5.50. The summed E-state index contributed by atoms with van der Waals surface area (Å²) in [7, 11) is 0. The molecule has 0 aliphatic heterocycles. The van der Waals surface area contributed by atoms with Gasteiger partial charge in [0, 0.05) is 6.61 Å². The maximum atomic E-state index is 5.50. The van der Waals surface area contributed by atoms with Crippen LogP contribution in [-0.4, -0.2) is 39.6 Å². The topological polar surface area (TPSA) is 27.7 Å². The molecule has 0 heterocycles. The van der Waals surface area contributed by atoms with E-state index in [0.29, 0.717) is 31.8 Å². The molecule has 0 aliphatic rings. The summed E-state index contributed by atoms with van der Waals surface area (Å²) in [6, 6.07) is 0. The molecule has 0 saturated carbocycles. The van der Waals surface area contributed by atoms with Crippen molar-refractivity contribution in [3.05, 3.63) is 0 Å². The smallest absolute Gasteiger partial charge is 0.0701 e. The van der Waals surface area contributed by atoms with Gasteiger partial charge in [-0.1, -0.05) is 41.5 Å². The highest BCUT2D eigenvalue weighted by atomic mass is 16.5. The predicted molar refractivity (Wildman–Crippen MR) is 76.0 cm³/mol. The van der Waals surface area contributed by atoms with Crippen LogP contribution in [0.3, 0.4) is 0 Å². The quantitative estimate of drug-likeness (QED) is 0.594. The lowest BCUT2D eigenvalue weighted by molar-refractivity contribution is -0.00324. The minimum absolute atomic E-state index is 0.232. The third-order valence-electron chi connectivity index (χ3n) is 2.28. The second kappa shape index (κ2) is 8.89. The molecule has 0 rings (SSSR count). The van der Waals surface area contributed by atoms with E-state index in [2.05, 4.69) is 41.5 Å². The van der Waals surface area contributed by atoms with Crippen LogP contribution in [0, 0.1) is 10.8 Å². The van der Waals surface area contributed by atoms with Gasteiger partial charge in [-0.2, -0.15) is 0 Å². The first-order valence-electron chi connectivity index (χ1n) is 6.94. The van der Waals surface area contributed by atoms with Crippen molar-refractivity contribution in [2.24, 2.45) is 10.8 Å². The molecular formula is C15H32O3. The standard InChI is InChI=1S/C15H32O3/c1-14(2,3)7-8-16-9-10-17-11-12-18-13-15(4,5)6/h7-13H2,1-6H3. The number of hydrogen-bond acceptors (Lipinski definition) is 3. The van der Waals surface area contributed by atoms with Gasteiger partial charge in [-0.25, -0.2) is 0 Å². The molecule has 0 saturated heterocycles. The predicted octanol–water partition coefficient (Wildman–Crippen LogP) is 3.52. The minimum Gasteiger partial charge on any atom is -0.379 e. The normalized spacial score (nSPS) is 13.0. The van der Waals surface area contributed by atoms with E-state index < -0.39 is 0 Å². The van der Waals surface area contributed by atoms with E-state index in [1.54, 1.807) is 0 Å². The Bertz CT molecular complexity index is 167. The molecule has 0 bridgehead atoms. The van der Waals surface area contributed by atoms with E-state index in [4.69, 9.17) is 14.2 Å². The molecule has 0 radical (unpaired) electrons. The summed E-state index contributed by atoms with van der Waals surface area (Å²) >= 11 is 0. The van der Waals surface area contributed by atoms with Crippen LogP contribution in [0.4, 0.5) is 0 Å². The van der Waals surface area contributed by atoms with Crippen LogP contribution in [-0.2, 0) is 14.2 Å². The van der Waals surface area contributed by atoms with Crippen molar-refractivity contribution < 1.29 is 14.2 Å². The molecule has 0 spiro atoms. The molecule has 0 aromatic rings. The molecule has 3 nitrogen and oxygen atoms in total. The lowest BCUT2D eigenvalue weighted by Crippen LogP contribution is -2.17. The van der Waals surface area contributed by atoms with Gasteiger partial charge in [-0.05, 0) is 17.3 Å². The van der Waals surface area contributed by atoms with Crippen molar-refractivity contribution in [3.8, 4) is 0 Å². The Labute approximate surface area is 113 Å². The van der Waals surface area contributed by atoms with Crippen molar-refractivity contribution in [1.29, 1.82) is 0 Å². The van der Waals surface area contributed by atoms with E-state index in [1.807, 2.05) is 0 Å². The van der Waals surface area contributed by atoms with Gasteiger partial charge < -0.3 is 14.2 Å². The summed E-state index contributed by atoms with van der Waals surface area (Å²) in [6.07, 6.45) is 1.09. The average molecular weight is 260 g/mol. The highest BCUT2D eigenvalue weighted by molar-refractivity contribution is 4.60. The molecule has 18 heavy (non-hydrogen) atoms. The fraction of sp³-hybridized carbons (Fsp3) is 1.00. The van der Waals surface area contributed by atoms with Crippen LogP contribution in [0.1, 0.15) is 48.0 Å². The molecule has 0 unspecified atom stereocenters. The highest BCUT2D eigenvalue weighted by Gasteiger charge is 2.10. The summed E-state index contributed by atoms with van der Waals surface area (Å²) in [5.41, 5.74) is 0.581. The summed E-state index contributed by atoms with van der Waals surface area (Å²) in [5.74, 6) is 0. The van der Waals surface area contributed by atoms with E-state index in [1.165, 1.54) is 0 Å². The monoisotopic (exact) mass is 260 g/mol. The molecular weight excluding hydrogens is 228 g/mol. The third-order valence-corrected chi connectivity index (χ3v) is 2.28. The summed E-state index contributed by atoms with van der Waals surface area (Å²) in [6.45, 7) is 17.4. The first-order valence-corrected chi connectivity index (χ1v) is 6.94. The van der Waals surface area contributed by atoms with Gasteiger partial charge >= 0.3 is 0 Å². The second-order valence-electron chi connectivity index (χ2n) is 7.15. The van der Waals surface area contributed by atoms with Crippen molar-refractivity contribution in [2.45, 2.75) is 48.0 Å². The zero-order chi connectivity index (χ0) is 14.1. The molecule has 0 amide bonds.